The Morgan fingerprint density at radius 1 is 1.06 bits per heavy atom. The van der Waals surface area contributed by atoms with E-state index in [1.165, 1.54) is 24.3 Å². The molecular weight excluding hydrogens is 230 g/mol. The van der Waals surface area contributed by atoms with Crippen LogP contribution in [-0.4, -0.2) is 11.2 Å². The molecule has 2 rings (SSSR count). The molecule has 0 aromatic heterocycles. The molecule has 0 unspecified atom stereocenters. The number of hydrogen-bond acceptors (Lipinski definition) is 3. The number of phenolic OH excluding ortho intramolecular Hbond substituents is 1. The summed E-state index contributed by atoms with van der Waals surface area (Å²) >= 11 is 0. The summed E-state index contributed by atoms with van der Waals surface area (Å²) in [5.41, 5.74) is 1.00. The first-order chi connectivity index (χ1) is 8.74. The van der Waals surface area contributed by atoms with E-state index in [2.05, 4.69) is 5.32 Å². The zero-order valence-corrected chi connectivity index (χ0v) is 9.67. The third kappa shape index (κ3) is 3.52. The molecular formula is C14H13NO3. The van der Waals surface area contributed by atoms with Gasteiger partial charge >= 0.3 is 6.09 Å². The van der Waals surface area contributed by atoms with Gasteiger partial charge in [-0.2, -0.15) is 0 Å². The maximum absolute atomic E-state index is 11.5. The molecule has 0 saturated heterocycles. The largest absolute Gasteiger partial charge is 0.508 e. The molecule has 2 aromatic carbocycles. The molecule has 1 amide bonds. The van der Waals surface area contributed by atoms with Crippen LogP contribution in [0.1, 0.15) is 5.56 Å². The van der Waals surface area contributed by atoms with Crippen LogP contribution in [0.25, 0.3) is 0 Å². The molecule has 0 saturated carbocycles. The lowest BCUT2D eigenvalue weighted by atomic mass is 10.2. The highest BCUT2D eigenvalue weighted by Gasteiger charge is 2.03. The van der Waals surface area contributed by atoms with Gasteiger partial charge in [0.25, 0.3) is 0 Å². The van der Waals surface area contributed by atoms with Gasteiger partial charge in [0.1, 0.15) is 11.5 Å². The van der Waals surface area contributed by atoms with Gasteiger partial charge in [0.05, 0.1) is 0 Å². The van der Waals surface area contributed by atoms with Crippen molar-refractivity contribution in [3.05, 3.63) is 60.2 Å². The quantitative estimate of drug-likeness (QED) is 0.871. The Hall–Kier alpha value is -2.49. The molecule has 0 bridgehead atoms. The Labute approximate surface area is 105 Å². The van der Waals surface area contributed by atoms with Crippen molar-refractivity contribution in [1.82, 2.24) is 5.32 Å². The average molecular weight is 243 g/mol. The second kappa shape index (κ2) is 5.72. The van der Waals surface area contributed by atoms with Gasteiger partial charge in [0, 0.05) is 6.54 Å². The number of ether oxygens (including phenoxy) is 1. The van der Waals surface area contributed by atoms with Crippen LogP contribution in [0.4, 0.5) is 4.79 Å². The number of phenols is 1. The normalized spacial score (nSPS) is 9.78. The van der Waals surface area contributed by atoms with Crippen molar-refractivity contribution in [1.29, 1.82) is 0 Å². The fourth-order valence-corrected chi connectivity index (χ4v) is 1.43. The van der Waals surface area contributed by atoms with Crippen molar-refractivity contribution in [2.24, 2.45) is 0 Å². The lowest BCUT2D eigenvalue weighted by Gasteiger charge is -2.06. The van der Waals surface area contributed by atoms with E-state index >= 15 is 0 Å². The predicted octanol–water partition coefficient (Wildman–Crippen LogP) is 2.68. The first-order valence-electron chi connectivity index (χ1n) is 5.53. The van der Waals surface area contributed by atoms with Crippen LogP contribution in [0.5, 0.6) is 11.5 Å². The highest BCUT2D eigenvalue weighted by atomic mass is 16.6. The van der Waals surface area contributed by atoms with Gasteiger partial charge < -0.3 is 15.2 Å². The van der Waals surface area contributed by atoms with E-state index in [0.29, 0.717) is 12.3 Å². The fourth-order valence-electron chi connectivity index (χ4n) is 1.43. The van der Waals surface area contributed by atoms with E-state index in [9.17, 15) is 4.79 Å². The van der Waals surface area contributed by atoms with Gasteiger partial charge in [0.15, 0.2) is 0 Å². The minimum Gasteiger partial charge on any atom is -0.508 e. The minimum absolute atomic E-state index is 0.132. The topological polar surface area (TPSA) is 58.6 Å². The summed E-state index contributed by atoms with van der Waals surface area (Å²) in [6.07, 6.45) is -0.524. The molecule has 18 heavy (non-hydrogen) atoms. The number of hydrogen-bond donors (Lipinski definition) is 2. The predicted molar refractivity (Wildman–Crippen MR) is 67.4 cm³/mol. The summed E-state index contributed by atoms with van der Waals surface area (Å²) in [5, 5.41) is 11.7. The lowest BCUT2D eigenvalue weighted by molar-refractivity contribution is 0.200. The summed E-state index contributed by atoms with van der Waals surface area (Å²) < 4.78 is 5.03. The van der Waals surface area contributed by atoms with Crippen LogP contribution in [0.15, 0.2) is 54.6 Å². The molecule has 0 aliphatic carbocycles. The van der Waals surface area contributed by atoms with Gasteiger partial charge in [-0.25, -0.2) is 4.79 Å². The average Bonchev–Trinajstić information content (AvgIpc) is 2.40. The molecule has 2 aromatic rings. The first kappa shape index (κ1) is 12.0. The number of aromatic hydroxyl groups is 1. The molecule has 0 heterocycles. The van der Waals surface area contributed by atoms with Crippen molar-refractivity contribution >= 4 is 6.09 Å². The van der Waals surface area contributed by atoms with Crippen LogP contribution >= 0.6 is 0 Å². The third-order valence-electron chi connectivity index (χ3n) is 2.33. The molecule has 0 aliphatic rings. The van der Waals surface area contributed by atoms with Crippen LogP contribution in [-0.2, 0) is 6.54 Å². The third-order valence-corrected chi connectivity index (χ3v) is 2.33. The molecule has 0 spiro atoms. The number of carbonyl (C=O) groups is 1. The van der Waals surface area contributed by atoms with Crippen LogP contribution in [0.2, 0.25) is 0 Å². The number of benzene rings is 2. The number of rotatable bonds is 3. The Kier molecular flexibility index (Phi) is 3.81. The van der Waals surface area contributed by atoms with E-state index in [0.717, 1.165) is 5.56 Å². The highest BCUT2D eigenvalue weighted by molar-refractivity contribution is 5.70. The number of amides is 1. The Morgan fingerprint density at radius 2 is 1.72 bits per heavy atom. The Morgan fingerprint density at radius 3 is 2.39 bits per heavy atom. The number of nitrogens with one attached hydrogen (secondary N) is 1. The first-order valence-corrected chi connectivity index (χ1v) is 5.53. The maximum atomic E-state index is 11.5. The molecule has 2 N–H and O–H groups in total. The summed E-state index contributed by atoms with van der Waals surface area (Å²) in [7, 11) is 0. The Bertz CT molecular complexity index is 508. The van der Waals surface area contributed by atoms with Gasteiger partial charge in [-0.15, -0.1) is 0 Å². The van der Waals surface area contributed by atoms with Gasteiger partial charge in [-0.1, -0.05) is 30.3 Å². The molecule has 92 valence electrons. The van der Waals surface area contributed by atoms with Crippen molar-refractivity contribution in [3.8, 4) is 11.5 Å². The summed E-state index contributed by atoms with van der Waals surface area (Å²) in [4.78, 5) is 11.5. The summed E-state index contributed by atoms with van der Waals surface area (Å²) in [6.45, 7) is 0.414. The highest BCUT2D eigenvalue weighted by Crippen LogP contribution is 2.15. The van der Waals surface area contributed by atoms with E-state index in [1.807, 2.05) is 30.3 Å². The monoisotopic (exact) mass is 243 g/mol. The van der Waals surface area contributed by atoms with Gasteiger partial charge in [-0.05, 0) is 29.8 Å². The number of carbonyl (C=O) groups excluding carboxylic acids is 1. The van der Waals surface area contributed by atoms with Crippen LogP contribution < -0.4 is 10.1 Å². The van der Waals surface area contributed by atoms with Crippen molar-refractivity contribution in [2.45, 2.75) is 6.54 Å². The van der Waals surface area contributed by atoms with Crippen molar-refractivity contribution < 1.29 is 14.6 Å². The molecule has 0 radical (unpaired) electrons. The van der Waals surface area contributed by atoms with Gasteiger partial charge in [-0.3, -0.25) is 0 Å². The zero-order valence-electron chi connectivity index (χ0n) is 9.67. The second-order valence-corrected chi connectivity index (χ2v) is 3.72. The minimum atomic E-state index is -0.524. The van der Waals surface area contributed by atoms with E-state index < -0.39 is 6.09 Å². The standard InChI is InChI=1S/C14H13NO3/c16-12-6-8-13(9-7-12)18-14(17)15-10-11-4-2-1-3-5-11/h1-9,16H,10H2,(H,15,17). The fraction of sp³-hybridized carbons (Fsp3) is 0.0714. The molecule has 4 heteroatoms. The maximum Gasteiger partial charge on any atom is 0.412 e. The van der Waals surface area contributed by atoms with Crippen molar-refractivity contribution in [2.75, 3.05) is 0 Å². The molecule has 0 atom stereocenters. The molecule has 0 fully saturated rings. The van der Waals surface area contributed by atoms with Crippen LogP contribution in [0, 0.1) is 0 Å². The van der Waals surface area contributed by atoms with Crippen LogP contribution in [0.3, 0.4) is 0 Å². The van der Waals surface area contributed by atoms with E-state index in [1.54, 1.807) is 0 Å². The van der Waals surface area contributed by atoms with Crippen molar-refractivity contribution in [3.63, 3.8) is 0 Å². The van der Waals surface area contributed by atoms with E-state index in [-0.39, 0.29) is 5.75 Å². The van der Waals surface area contributed by atoms with E-state index in [4.69, 9.17) is 9.84 Å². The summed E-state index contributed by atoms with van der Waals surface area (Å²) in [6, 6.07) is 15.5. The van der Waals surface area contributed by atoms with Gasteiger partial charge in [0.2, 0.25) is 0 Å². The smallest absolute Gasteiger partial charge is 0.412 e. The zero-order chi connectivity index (χ0) is 12.8. The summed E-state index contributed by atoms with van der Waals surface area (Å²) in [5.74, 6) is 0.519. The second-order valence-electron chi connectivity index (χ2n) is 3.72. The Balaban J connectivity index is 1.84. The lowest BCUT2D eigenvalue weighted by Crippen LogP contribution is -2.26. The molecule has 0 aliphatic heterocycles. The SMILES string of the molecule is O=C(NCc1ccccc1)Oc1ccc(O)cc1. The molecule has 4 nitrogen and oxygen atoms in total.